The Morgan fingerprint density at radius 1 is 1.41 bits per heavy atom. The van der Waals surface area contributed by atoms with Crippen molar-refractivity contribution in [2.75, 3.05) is 6.54 Å². The molecule has 2 N–H and O–H groups in total. The molecule has 0 radical (unpaired) electrons. The smallest absolute Gasteiger partial charge is 0.326 e. The molecule has 2 rings (SSSR count). The molecule has 0 aromatic carbocycles. The van der Waals surface area contributed by atoms with Crippen molar-refractivity contribution in [1.29, 1.82) is 0 Å². The highest BCUT2D eigenvalue weighted by Crippen LogP contribution is 2.29. The molecule has 2 amide bonds. The predicted molar refractivity (Wildman–Crippen MR) is 62.7 cm³/mol. The zero-order valence-corrected chi connectivity index (χ0v) is 10.2. The summed E-state index contributed by atoms with van der Waals surface area (Å²) in [6.07, 6.45) is 6.05. The highest BCUT2D eigenvalue weighted by molar-refractivity contribution is 5.84. The van der Waals surface area contributed by atoms with Crippen LogP contribution < -0.4 is 5.32 Å². The Morgan fingerprint density at radius 3 is 2.65 bits per heavy atom. The molecule has 2 unspecified atom stereocenters. The Labute approximate surface area is 101 Å². The Bertz CT molecular complexity index is 313. The Hall–Kier alpha value is -1.26. The minimum Gasteiger partial charge on any atom is -0.480 e. The maximum Gasteiger partial charge on any atom is 0.326 e. The van der Waals surface area contributed by atoms with E-state index in [1.165, 1.54) is 24.2 Å². The van der Waals surface area contributed by atoms with Crippen LogP contribution in [0.1, 0.15) is 39.0 Å². The minimum atomic E-state index is -0.940. The number of hydrogen-bond acceptors (Lipinski definition) is 2. The van der Waals surface area contributed by atoms with Crippen molar-refractivity contribution in [3.8, 4) is 0 Å². The third-order valence-corrected chi connectivity index (χ3v) is 4.01. The summed E-state index contributed by atoms with van der Waals surface area (Å²) >= 11 is 0. The summed E-state index contributed by atoms with van der Waals surface area (Å²) in [6.45, 7) is 2.10. The minimum absolute atomic E-state index is 0.143. The molecule has 1 heterocycles. The van der Waals surface area contributed by atoms with E-state index < -0.39 is 12.0 Å². The van der Waals surface area contributed by atoms with Crippen molar-refractivity contribution in [3.63, 3.8) is 0 Å². The maximum atomic E-state index is 11.7. The van der Waals surface area contributed by atoms with Crippen molar-refractivity contribution in [2.45, 2.75) is 51.1 Å². The zero-order chi connectivity index (χ0) is 12.4. The van der Waals surface area contributed by atoms with E-state index in [2.05, 4.69) is 5.32 Å². The Balaban J connectivity index is 1.96. The van der Waals surface area contributed by atoms with Gasteiger partial charge in [-0.05, 0) is 25.7 Å². The van der Waals surface area contributed by atoms with E-state index in [9.17, 15) is 9.59 Å². The van der Waals surface area contributed by atoms with Crippen LogP contribution in [0.2, 0.25) is 0 Å². The van der Waals surface area contributed by atoms with Crippen molar-refractivity contribution < 1.29 is 14.7 Å². The summed E-state index contributed by atoms with van der Waals surface area (Å²) in [5.74, 6) is -0.414. The molecule has 1 aliphatic carbocycles. The van der Waals surface area contributed by atoms with Crippen molar-refractivity contribution >= 4 is 12.0 Å². The number of nitrogens with zero attached hydrogens (tertiary/aromatic N) is 1. The van der Waals surface area contributed by atoms with Crippen LogP contribution in [-0.2, 0) is 4.79 Å². The molecule has 2 fully saturated rings. The Kier molecular flexibility index (Phi) is 3.54. The summed E-state index contributed by atoms with van der Waals surface area (Å²) < 4.78 is 0. The second-order valence-corrected chi connectivity index (χ2v) is 5.12. The van der Waals surface area contributed by atoms with Gasteiger partial charge in [0.2, 0.25) is 0 Å². The molecule has 1 saturated heterocycles. The summed E-state index contributed by atoms with van der Waals surface area (Å²) in [6, 6.07) is -0.816. The monoisotopic (exact) mass is 240 g/mol. The number of aliphatic carboxylic acids is 1. The van der Waals surface area contributed by atoms with Gasteiger partial charge in [0.05, 0.1) is 6.04 Å². The van der Waals surface area contributed by atoms with Crippen LogP contribution in [0.15, 0.2) is 0 Å². The molecule has 0 bridgehead atoms. The van der Waals surface area contributed by atoms with Crippen LogP contribution in [0.3, 0.4) is 0 Å². The summed E-state index contributed by atoms with van der Waals surface area (Å²) in [7, 11) is 0. The lowest BCUT2D eigenvalue weighted by atomic mass is 9.84. The zero-order valence-electron chi connectivity index (χ0n) is 10.2. The molecule has 1 saturated carbocycles. The standard InChI is InChI=1S/C12H20N2O3/c1-8(11(15)16)14-7-10(13-12(14)17)9-5-3-2-4-6-9/h8-10H,2-7H2,1H3,(H,13,17)(H,15,16). The average molecular weight is 240 g/mol. The molecular formula is C12H20N2O3. The van der Waals surface area contributed by atoms with Crippen molar-refractivity contribution in [3.05, 3.63) is 0 Å². The van der Waals surface area contributed by atoms with Crippen LogP contribution >= 0.6 is 0 Å². The highest BCUT2D eigenvalue weighted by Gasteiger charge is 2.38. The van der Waals surface area contributed by atoms with E-state index in [1.807, 2.05) is 0 Å². The maximum absolute atomic E-state index is 11.7. The molecule has 5 nitrogen and oxygen atoms in total. The van der Waals surface area contributed by atoms with Gasteiger partial charge in [-0.1, -0.05) is 19.3 Å². The molecule has 5 heteroatoms. The molecule has 17 heavy (non-hydrogen) atoms. The quantitative estimate of drug-likeness (QED) is 0.784. The van der Waals surface area contributed by atoms with Gasteiger partial charge in [0, 0.05) is 6.54 Å². The first kappa shape index (κ1) is 12.2. The lowest BCUT2D eigenvalue weighted by Gasteiger charge is -2.27. The van der Waals surface area contributed by atoms with Gasteiger partial charge >= 0.3 is 12.0 Å². The van der Waals surface area contributed by atoms with Crippen molar-refractivity contribution in [1.82, 2.24) is 10.2 Å². The van der Waals surface area contributed by atoms with E-state index >= 15 is 0 Å². The molecular weight excluding hydrogens is 220 g/mol. The first-order valence-electron chi connectivity index (χ1n) is 6.39. The van der Waals surface area contributed by atoms with E-state index in [0.717, 1.165) is 12.8 Å². The first-order chi connectivity index (χ1) is 8.09. The van der Waals surface area contributed by atoms with E-state index in [-0.39, 0.29) is 12.1 Å². The van der Waals surface area contributed by atoms with E-state index in [1.54, 1.807) is 6.92 Å². The first-order valence-corrected chi connectivity index (χ1v) is 6.39. The van der Waals surface area contributed by atoms with Crippen LogP contribution in [0.5, 0.6) is 0 Å². The lowest BCUT2D eigenvalue weighted by Crippen LogP contribution is -2.41. The fourth-order valence-corrected chi connectivity index (χ4v) is 2.85. The largest absolute Gasteiger partial charge is 0.480 e. The van der Waals surface area contributed by atoms with Crippen LogP contribution in [0.25, 0.3) is 0 Å². The second-order valence-electron chi connectivity index (χ2n) is 5.12. The van der Waals surface area contributed by atoms with E-state index in [0.29, 0.717) is 12.5 Å². The second kappa shape index (κ2) is 4.94. The molecule has 1 aliphatic heterocycles. The predicted octanol–water partition coefficient (Wildman–Crippen LogP) is 1.43. The third-order valence-electron chi connectivity index (χ3n) is 4.01. The highest BCUT2D eigenvalue weighted by atomic mass is 16.4. The number of carboxylic acids is 1. The SMILES string of the molecule is CC(C(=O)O)N1CC(C2CCCCC2)NC1=O. The number of urea groups is 1. The van der Waals surface area contributed by atoms with Gasteiger partial charge < -0.3 is 15.3 Å². The van der Waals surface area contributed by atoms with Gasteiger partial charge in [-0.15, -0.1) is 0 Å². The number of carbonyl (C=O) groups excluding carboxylic acids is 1. The topological polar surface area (TPSA) is 69.6 Å². The fraction of sp³-hybridized carbons (Fsp3) is 0.833. The van der Waals surface area contributed by atoms with Crippen LogP contribution in [0, 0.1) is 5.92 Å². The Morgan fingerprint density at radius 2 is 2.06 bits per heavy atom. The number of rotatable bonds is 3. The lowest BCUT2D eigenvalue weighted by molar-refractivity contribution is -0.141. The molecule has 2 atom stereocenters. The van der Waals surface area contributed by atoms with E-state index in [4.69, 9.17) is 5.11 Å². The van der Waals surface area contributed by atoms with Gasteiger partial charge in [-0.25, -0.2) is 9.59 Å². The van der Waals surface area contributed by atoms with Crippen molar-refractivity contribution in [2.24, 2.45) is 5.92 Å². The number of amides is 2. The number of nitrogens with one attached hydrogen (secondary N) is 1. The summed E-state index contributed by atoms with van der Waals surface area (Å²) in [4.78, 5) is 24.1. The van der Waals surface area contributed by atoms with Gasteiger partial charge in [-0.2, -0.15) is 0 Å². The molecule has 2 aliphatic rings. The molecule has 96 valence electrons. The van der Waals surface area contributed by atoms with Crippen LogP contribution in [0.4, 0.5) is 4.79 Å². The summed E-state index contributed by atoms with van der Waals surface area (Å²) in [5.41, 5.74) is 0. The van der Waals surface area contributed by atoms with Gasteiger partial charge in [0.1, 0.15) is 6.04 Å². The van der Waals surface area contributed by atoms with Gasteiger partial charge in [-0.3, -0.25) is 0 Å². The number of hydrogen-bond donors (Lipinski definition) is 2. The van der Waals surface area contributed by atoms with Gasteiger partial charge in [0.25, 0.3) is 0 Å². The molecule has 0 aromatic heterocycles. The average Bonchev–Trinajstić information content (AvgIpc) is 2.71. The number of carboxylic acid groups (broad SMARTS) is 1. The fourth-order valence-electron chi connectivity index (χ4n) is 2.85. The third kappa shape index (κ3) is 2.53. The normalized spacial score (nSPS) is 27.9. The number of carbonyl (C=O) groups is 2. The molecule has 0 aromatic rings. The summed E-state index contributed by atoms with van der Waals surface area (Å²) in [5, 5.41) is 11.9. The molecule has 0 spiro atoms. The van der Waals surface area contributed by atoms with Gasteiger partial charge in [0.15, 0.2) is 0 Å². The van der Waals surface area contributed by atoms with Crippen LogP contribution in [-0.4, -0.2) is 40.6 Å².